The molecule has 0 saturated heterocycles. The van der Waals surface area contributed by atoms with E-state index in [2.05, 4.69) is 26.6 Å². The van der Waals surface area contributed by atoms with E-state index < -0.39 is 23.4 Å². The Kier molecular flexibility index (Phi) is 6.03. The lowest BCUT2D eigenvalue weighted by Crippen LogP contribution is -2.34. The molecule has 0 radical (unpaired) electrons. The molecule has 0 bridgehead atoms. The normalized spacial score (nSPS) is 10.3. The Morgan fingerprint density at radius 2 is 1.67 bits per heavy atom. The minimum absolute atomic E-state index is 0.155. The Bertz CT molecular complexity index is 781. The smallest absolute Gasteiger partial charge is 0.252 e. The van der Waals surface area contributed by atoms with Crippen LogP contribution >= 0.6 is 15.9 Å². The fourth-order valence-electron chi connectivity index (χ4n) is 1.95. The number of nitrogens with one attached hydrogen (secondary N) is 2. The van der Waals surface area contributed by atoms with Crippen molar-refractivity contribution in [1.82, 2.24) is 10.6 Å². The van der Waals surface area contributed by atoms with Gasteiger partial charge < -0.3 is 10.6 Å². The maximum Gasteiger partial charge on any atom is 0.252 e. The molecule has 4 nitrogen and oxygen atoms in total. The van der Waals surface area contributed by atoms with Crippen molar-refractivity contribution in [2.45, 2.75) is 6.92 Å². The van der Waals surface area contributed by atoms with E-state index in [9.17, 15) is 18.4 Å². The van der Waals surface area contributed by atoms with Gasteiger partial charge in [-0.15, -0.1) is 0 Å². The average Bonchev–Trinajstić information content (AvgIpc) is 2.55. The van der Waals surface area contributed by atoms with Crippen molar-refractivity contribution in [3.05, 3.63) is 69.2 Å². The second-order valence-electron chi connectivity index (χ2n) is 5.10. The van der Waals surface area contributed by atoms with Crippen LogP contribution in [0.2, 0.25) is 0 Å². The minimum Gasteiger partial charge on any atom is -0.350 e. The molecule has 0 aliphatic carbocycles. The summed E-state index contributed by atoms with van der Waals surface area (Å²) < 4.78 is 27.1. The molecule has 0 atom stereocenters. The lowest BCUT2D eigenvalue weighted by Gasteiger charge is -2.09. The number of hydrogen-bond donors (Lipinski definition) is 2. The van der Waals surface area contributed by atoms with Gasteiger partial charge in [-0.25, -0.2) is 8.78 Å². The summed E-state index contributed by atoms with van der Waals surface area (Å²) in [5, 5.41) is 5.14. The van der Waals surface area contributed by atoms with Gasteiger partial charge in [-0.1, -0.05) is 6.07 Å². The van der Waals surface area contributed by atoms with Gasteiger partial charge in [-0.2, -0.15) is 0 Å². The Labute approximate surface area is 146 Å². The van der Waals surface area contributed by atoms with Gasteiger partial charge in [-0.05, 0) is 58.7 Å². The molecule has 0 heterocycles. The summed E-state index contributed by atoms with van der Waals surface area (Å²) in [5.74, 6) is -1.86. The number of benzene rings is 2. The zero-order valence-corrected chi connectivity index (χ0v) is 14.4. The summed E-state index contributed by atoms with van der Waals surface area (Å²) in [6.45, 7) is 1.92. The van der Waals surface area contributed by atoms with Gasteiger partial charge in [0.15, 0.2) is 0 Å². The molecule has 7 heteroatoms. The van der Waals surface area contributed by atoms with Gasteiger partial charge in [0.25, 0.3) is 11.8 Å². The van der Waals surface area contributed by atoms with Crippen molar-refractivity contribution in [3.63, 3.8) is 0 Å². The summed E-state index contributed by atoms with van der Waals surface area (Å²) in [6, 6.07) is 8.00. The van der Waals surface area contributed by atoms with Gasteiger partial charge in [0.05, 0.1) is 5.56 Å². The zero-order chi connectivity index (χ0) is 17.7. The highest BCUT2D eigenvalue weighted by Crippen LogP contribution is 2.17. The third-order valence-electron chi connectivity index (χ3n) is 3.30. The fourth-order valence-corrected chi connectivity index (χ4v) is 2.38. The Morgan fingerprint density at radius 3 is 2.33 bits per heavy atom. The Morgan fingerprint density at radius 1 is 1.00 bits per heavy atom. The predicted molar refractivity (Wildman–Crippen MR) is 89.9 cm³/mol. The van der Waals surface area contributed by atoms with Crippen LogP contribution in [0.25, 0.3) is 0 Å². The van der Waals surface area contributed by atoms with Crippen molar-refractivity contribution in [1.29, 1.82) is 0 Å². The molecule has 0 aliphatic rings. The van der Waals surface area contributed by atoms with E-state index in [1.54, 1.807) is 6.92 Å². The maximum atomic E-state index is 13.4. The largest absolute Gasteiger partial charge is 0.350 e. The van der Waals surface area contributed by atoms with Crippen molar-refractivity contribution in [2.24, 2.45) is 0 Å². The van der Waals surface area contributed by atoms with Crippen LogP contribution in [0, 0.1) is 18.6 Å². The average molecular weight is 397 g/mol. The highest BCUT2D eigenvalue weighted by atomic mass is 79.9. The number of carbonyl (C=O) groups is 2. The first-order chi connectivity index (χ1) is 11.4. The summed E-state index contributed by atoms with van der Waals surface area (Å²) in [7, 11) is 0. The van der Waals surface area contributed by atoms with Crippen molar-refractivity contribution in [3.8, 4) is 0 Å². The van der Waals surface area contributed by atoms with Crippen LogP contribution in [0.3, 0.4) is 0 Å². The van der Waals surface area contributed by atoms with Gasteiger partial charge in [0.2, 0.25) is 0 Å². The number of amides is 2. The Hall–Kier alpha value is -2.28. The van der Waals surface area contributed by atoms with Gasteiger partial charge in [0.1, 0.15) is 11.6 Å². The highest BCUT2D eigenvalue weighted by molar-refractivity contribution is 9.10. The Balaban J connectivity index is 1.84. The molecule has 2 N–H and O–H groups in total. The summed E-state index contributed by atoms with van der Waals surface area (Å²) in [4.78, 5) is 23.8. The number of halogens is 3. The molecule has 0 saturated carbocycles. The molecule has 0 fully saturated rings. The molecule has 24 heavy (non-hydrogen) atoms. The van der Waals surface area contributed by atoms with E-state index in [0.717, 1.165) is 12.1 Å². The lowest BCUT2D eigenvalue weighted by molar-refractivity contribution is 0.0927. The van der Waals surface area contributed by atoms with Crippen LogP contribution in [0.5, 0.6) is 0 Å². The number of hydrogen-bond acceptors (Lipinski definition) is 2. The van der Waals surface area contributed by atoms with Gasteiger partial charge in [-0.3, -0.25) is 9.59 Å². The molecule has 0 spiro atoms. The fraction of sp³-hybridized carbons (Fsp3) is 0.176. The molecule has 2 amide bonds. The van der Waals surface area contributed by atoms with Crippen LogP contribution in [0.1, 0.15) is 26.3 Å². The van der Waals surface area contributed by atoms with E-state index >= 15 is 0 Å². The zero-order valence-electron chi connectivity index (χ0n) is 12.8. The van der Waals surface area contributed by atoms with Crippen molar-refractivity contribution >= 4 is 27.7 Å². The number of carbonyl (C=O) groups excluding carboxylic acids is 2. The molecule has 2 rings (SSSR count). The van der Waals surface area contributed by atoms with E-state index in [-0.39, 0.29) is 24.2 Å². The monoisotopic (exact) mass is 396 g/mol. The van der Waals surface area contributed by atoms with Crippen LogP contribution in [-0.4, -0.2) is 24.9 Å². The standard InChI is InChI=1S/C17H15BrF2N2O2/c1-10-2-3-11(8-15(10)20)16(23)21-6-7-22-17(24)13-9-12(19)4-5-14(13)18/h2-5,8-9H,6-7H2,1H3,(H,21,23)(H,22,24). The molecular weight excluding hydrogens is 382 g/mol. The van der Waals surface area contributed by atoms with Crippen LogP contribution < -0.4 is 10.6 Å². The van der Waals surface area contributed by atoms with Crippen LogP contribution in [-0.2, 0) is 0 Å². The topological polar surface area (TPSA) is 58.2 Å². The molecule has 2 aromatic rings. The van der Waals surface area contributed by atoms with E-state index in [1.165, 1.54) is 24.3 Å². The van der Waals surface area contributed by atoms with Crippen LogP contribution in [0.15, 0.2) is 40.9 Å². The minimum atomic E-state index is -0.516. The van der Waals surface area contributed by atoms with Crippen molar-refractivity contribution in [2.75, 3.05) is 13.1 Å². The molecule has 0 unspecified atom stereocenters. The molecule has 0 aliphatic heterocycles. The second-order valence-corrected chi connectivity index (χ2v) is 5.95. The quantitative estimate of drug-likeness (QED) is 0.762. The third-order valence-corrected chi connectivity index (χ3v) is 3.99. The van der Waals surface area contributed by atoms with E-state index in [0.29, 0.717) is 10.0 Å². The first-order valence-electron chi connectivity index (χ1n) is 7.16. The van der Waals surface area contributed by atoms with Crippen molar-refractivity contribution < 1.29 is 18.4 Å². The predicted octanol–water partition coefficient (Wildman–Crippen LogP) is 3.20. The van der Waals surface area contributed by atoms with Gasteiger partial charge >= 0.3 is 0 Å². The first kappa shape index (κ1) is 18.1. The van der Waals surface area contributed by atoms with Crippen LogP contribution in [0.4, 0.5) is 8.78 Å². The SMILES string of the molecule is Cc1ccc(C(=O)NCCNC(=O)c2cc(F)ccc2Br)cc1F. The molecule has 0 aromatic heterocycles. The molecule has 2 aromatic carbocycles. The second kappa shape index (κ2) is 8.01. The maximum absolute atomic E-state index is 13.4. The number of aryl methyl sites for hydroxylation is 1. The molecule has 126 valence electrons. The van der Waals surface area contributed by atoms with E-state index in [4.69, 9.17) is 0 Å². The van der Waals surface area contributed by atoms with Gasteiger partial charge in [0, 0.05) is 23.1 Å². The highest BCUT2D eigenvalue weighted by Gasteiger charge is 2.11. The number of rotatable bonds is 5. The summed E-state index contributed by atoms with van der Waals surface area (Å²) >= 11 is 3.17. The third kappa shape index (κ3) is 4.61. The van der Waals surface area contributed by atoms with E-state index in [1.807, 2.05) is 0 Å². The lowest BCUT2D eigenvalue weighted by atomic mass is 10.1. The summed E-state index contributed by atoms with van der Waals surface area (Å²) in [6.07, 6.45) is 0. The first-order valence-corrected chi connectivity index (χ1v) is 7.95. The summed E-state index contributed by atoms with van der Waals surface area (Å²) in [5.41, 5.74) is 0.832. The molecular formula is C17H15BrF2N2O2.